The van der Waals surface area contributed by atoms with Gasteiger partial charge in [-0.05, 0) is 18.2 Å². The highest BCUT2D eigenvalue weighted by Crippen LogP contribution is 2.43. The topological polar surface area (TPSA) is 110 Å². The van der Waals surface area contributed by atoms with Crippen LogP contribution in [0.15, 0.2) is 51.4 Å². The number of ketones is 1. The molecule has 8 nitrogen and oxygen atoms in total. The zero-order valence-corrected chi connectivity index (χ0v) is 15.3. The second-order valence-corrected chi connectivity index (χ2v) is 7.26. The van der Waals surface area contributed by atoms with E-state index in [1.807, 2.05) is 13.8 Å². The third-order valence-electron chi connectivity index (χ3n) is 4.18. The number of nitrogens with zero attached hydrogens (tertiary/aromatic N) is 3. The van der Waals surface area contributed by atoms with Crippen LogP contribution in [0.5, 0.6) is 0 Å². The second kappa shape index (κ2) is 6.51. The summed E-state index contributed by atoms with van der Waals surface area (Å²) in [6.45, 7) is 3.92. The molecule has 138 valence electrons. The van der Waals surface area contributed by atoms with E-state index >= 15 is 0 Å². The van der Waals surface area contributed by atoms with Crippen molar-refractivity contribution in [3.05, 3.63) is 58.9 Å². The molecule has 9 heteroatoms. The van der Waals surface area contributed by atoms with Crippen LogP contribution in [0.4, 0.5) is 5.13 Å². The standard InChI is InChI=1S/C18H15N3O5S/c1-9(2)16-19-20-18(27-16)21-13(11-4-3-6-26-11)12(15(23)17(21)24)14(22)10-5-7-25-8-10/h3-9,13,22H,1-2H3/b14-12+. The summed E-state index contributed by atoms with van der Waals surface area (Å²) in [6.07, 6.45) is 4.10. The fourth-order valence-electron chi connectivity index (χ4n) is 2.86. The largest absolute Gasteiger partial charge is 0.507 e. The molecule has 0 bridgehead atoms. The molecule has 3 aromatic heterocycles. The van der Waals surface area contributed by atoms with Crippen LogP contribution in [-0.4, -0.2) is 27.0 Å². The number of hydrogen-bond acceptors (Lipinski definition) is 8. The van der Waals surface area contributed by atoms with E-state index in [2.05, 4.69) is 10.2 Å². The Hall–Kier alpha value is -3.20. The van der Waals surface area contributed by atoms with E-state index in [1.165, 1.54) is 41.1 Å². The summed E-state index contributed by atoms with van der Waals surface area (Å²) in [7, 11) is 0. The third-order valence-corrected chi connectivity index (χ3v) is 5.40. The van der Waals surface area contributed by atoms with E-state index in [0.717, 1.165) is 5.01 Å². The molecule has 1 atom stereocenters. The van der Waals surface area contributed by atoms with E-state index in [-0.39, 0.29) is 22.4 Å². The molecule has 1 N–H and O–H groups in total. The molecule has 1 unspecified atom stereocenters. The number of rotatable bonds is 4. The van der Waals surface area contributed by atoms with Gasteiger partial charge in [0.05, 0.1) is 23.7 Å². The Kier molecular flexibility index (Phi) is 4.15. The van der Waals surface area contributed by atoms with Gasteiger partial charge in [-0.15, -0.1) is 10.2 Å². The molecule has 1 aliphatic heterocycles. The van der Waals surface area contributed by atoms with Gasteiger partial charge >= 0.3 is 5.91 Å². The van der Waals surface area contributed by atoms with E-state index in [9.17, 15) is 14.7 Å². The van der Waals surface area contributed by atoms with Crippen molar-refractivity contribution >= 4 is 33.9 Å². The normalized spacial score (nSPS) is 19.4. The van der Waals surface area contributed by atoms with Gasteiger partial charge in [0.15, 0.2) is 0 Å². The average molecular weight is 385 g/mol. The van der Waals surface area contributed by atoms with Gasteiger partial charge in [0.25, 0.3) is 5.78 Å². The molecule has 1 fully saturated rings. The van der Waals surface area contributed by atoms with Crippen molar-refractivity contribution in [3.63, 3.8) is 0 Å². The molecule has 1 saturated heterocycles. The van der Waals surface area contributed by atoms with E-state index < -0.39 is 17.7 Å². The zero-order valence-electron chi connectivity index (χ0n) is 14.4. The first-order chi connectivity index (χ1) is 13.0. The lowest BCUT2D eigenvalue weighted by Gasteiger charge is -2.19. The summed E-state index contributed by atoms with van der Waals surface area (Å²) < 4.78 is 10.4. The molecule has 3 aromatic rings. The fraction of sp³-hybridized carbons (Fsp3) is 0.222. The Bertz CT molecular complexity index is 1020. The van der Waals surface area contributed by atoms with Crippen LogP contribution in [0.25, 0.3) is 5.76 Å². The number of carbonyl (C=O) groups excluding carboxylic acids is 2. The van der Waals surface area contributed by atoms with Crippen LogP contribution in [-0.2, 0) is 9.59 Å². The monoisotopic (exact) mass is 385 g/mol. The number of aliphatic hydroxyl groups excluding tert-OH is 1. The number of carbonyl (C=O) groups is 2. The fourth-order valence-corrected chi connectivity index (χ4v) is 3.73. The molecule has 0 radical (unpaired) electrons. The maximum absolute atomic E-state index is 12.8. The van der Waals surface area contributed by atoms with Gasteiger partial charge < -0.3 is 13.9 Å². The van der Waals surface area contributed by atoms with Gasteiger partial charge in [-0.1, -0.05) is 25.2 Å². The van der Waals surface area contributed by atoms with Crippen molar-refractivity contribution in [2.45, 2.75) is 25.8 Å². The van der Waals surface area contributed by atoms with E-state index in [0.29, 0.717) is 11.3 Å². The zero-order chi connectivity index (χ0) is 19.1. The lowest BCUT2D eigenvalue weighted by Crippen LogP contribution is -2.29. The predicted molar refractivity (Wildman–Crippen MR) is 96.2 cm³/mol. The number of aromatic nitrogens is 2. The predicted octanol–water partition coefficient (Wildman–Crippen LogP) is 3.47. The van der Waals surface area contributed by atoms with Gasteiger partial charge in [0, 0.05) is 5.92 Å². The SMILES string of the molecule is CC(C)c1nnc(N2C(=O)C(=O)/C(=C(/O)c3ccoc3)C2c2ccco2)s1. The van der Waals surface area contributed by atoms with Gasteiger partial charge in [0.2, 0.25) is 5.13 Å². The summed E-state index contributed by atoms with van der Waals surface area (Å²) >= 11 is 1.22. The van der Waals surface area contributed by atoms with E-state index in [1.54, 1.807) is 12.1 Å². The highest BCUT2D eigenvalue weighted by Gasteiger charge is 2.49. The van der Waals surface area contributed by atoms with Crippen molar-refractivity contribution in [1.29, 1.82) is 0 Å². The Morgan fingerprint density at radius 2 is 2.07 bits per heavy atom. The van der Waals surface area contributed by atoms with Gasteiger partial charge in [-0.2, -0.15) is 0 Å². The number of furan rings is 2. The van der Waals surface area contributed by atoms with Gasteiger partial charge in [-0.25, -0.2) is 0 Å². The van der Waals surface area contributed by atoms with Crippen LogP contribution in [0.1, 0.15) is 42.1 Å². The number of amides is 1. The van der Waals surface area contributed by atoms with Crippen LogP contribution in [0.3, 0.4) is 0 Å². The van der Waals surface area contributed by atoms with Crippen molar-refractivity contribution < 1.29 is 23.5 Å². The highest BCUT2D eigenvalue weighted by atomic mass is 32.1. The highest BCUT2D eigenvalue weighted by molar-refractivity contribution is 7.15. The van der Waals surface area contributed by atoms with Crippen molar-refractivity contribution in [3.8, 4) is 0 Å². The summed E-state index contributed by atoms with van der Waals surface area (Å²) in [5.41, 5.74) is 0.210. The molecule has 0 spiro atoms. The molecule has 1 amide bonds. The maximum atomic E-state index is 12.8. The number of Topliss-reactive ketones (excluding diaryl/α,β-unsaturated/α-hetero) is 1. The molecule has 0 aromatic carbocycles. The molecule has 4 heterocycles. The first kappa shape index (κ1) is 17.2. The Balaban J connectivity index is 1.89. The lowest BCUT2D eigenvalue weighted by atomic mass is 10.0. The summed E-state index contributed by atoms with van der Waals surface area (Å²) in [4.78, 5) is 26.7. The lowest BCUT2D eigenvalue weighted by molar-refractivity contribution is -0.132. The Morgan fingerprint density at radius 3 is 2.67 bits per heavy atom. The second-order valence-electron chi connectivity index (χ2n) is 6.27. The maximum Gasteiger partial charge on any atom is 0.302 e. The van der Waals surface area contributed by atoms with Crippen molar-refractivity contribution in [2.75, 3.05) is 4.90 Å². The third kappa shape index (κ3) is 2.76. The first-order valence-corrected chi connectivity index (χ1v) is 9.01. The molecular weight excluding hydrogens is 370 g/mol. The minimum absolute atomic E-state index is 0.0855. The van der Waals surface area contributed by atoms with Crippen LogP contribution < -0.4 is 4.90 Å². The molecule has 27 heavy (non-hydrogen) atoms. The summed E-state index contributed by atoms with van der Waals surface area (Å²) in [5.74, 6) is -1.49. The molecule has 0 saturated carbocycles. The van der Waals surface area contributed by atoms with E-state index in [4.69, 9.17) is 8.83 Å². The number of hydrogen-bond donors (Lipinski definition) is 1. The molecule has 1 aliphatic rings. The van der Waals surface area contributed by atoms with Gasteiger partial charge in [0.1, 0.15) is 28.8 Å². The Labute approximate surface area is 157 Å². The minimum atomic E-state index is -0.942. The first-order valence-electron chi connectivity index (χ1n) is 8.19. The summed E-state index contributed by atoms with van der Waals surface area (Å²) in [5, 5.41) is 19.9. The Morgan fingerprint density at radius 1 is 1.26 bits per heavy atom. The molecule has 4 rings (SSSR count). The van der Waals surface area contributed by atoms with Crippen molar-refractivity contribution in [2.24, 2.45) is 0 Å². The average Bonchev–Trinajstić information content (AvgIpc) is 3.43. The minimum Gasteiger partial charge on any atom is -0.507 e. The molecular formula is C18H15N3O5S. The van der Waals surface area contributed by atoms with Crippen LogP contribution >= 0.6 is 11.3 Å². The summed E-state index contributed by atoms with van der Waals surface area (Å²) in [6, 6.07) is 3.84. The van der Waals surface area contributed by atoms with Crippen LogP contribution in [0, 0.1) is 0 Å². The smallest absolute Gasteiger partial charge is 0.302 e. The molecule has 0 aliphatic carbocycles. The van der Waals surface area contributed by atoms with Gasteiger partial charge in [-0.3, -0.25) is 14.5 Å². The number of aliphatic hydroxyl groups is 1. The quantitative estimate of drug-likeness (QED) is 0.416. The van der Waals surface area contributed by atoms with Crippen LogP contribution in [0.2, 0.25) is 0 Å². The van der Waals surface area contributed by atoms with Crippen molar-refractivity contribution in [1.82, 2.24) is 10.2 Å². The number of anilines is 1.